The van der Waals surface area contributed by atoms with Crippen LogP contribution in [0, 0.1) is 32.1 Å². The molecule has 2 aromatic carbocycles. The van der Waals surface area contributed by atoms with Crippen LogP contribution in [0.15, 0.2) is 48.0 Å². The number of rotatable bonds is 5. The fraction of sp³-hybridized carbons (Fsp3) is 0.174. The minimum Gasteiger partial charge on any atom is -0.495 e. The summed E-state index contributed by atoms with van der Waals surface area (Å²) in [5.41, 5.74) is 4.44. The Hall–Kier alpha value is -3.56. The normalized spacial score (nSPS) is 11.1. The van der Waals surface area contributed by atoms with Crippen LogP contribution >= 0.6 is 11.6 Å². The molecule has 1 aromatic heterocycles. The molecule has 152 valence electrons. The van der Waals surface area contributed by atoms with Crippen LogP contribution in [0.4, 0.5) is 5.69 Å². The number of nitrogens with one attached hydrogen (secondary N) is 1. The summed E-state index contributed by atoms with van der Waals surface area (Å²) in [6, 6.07) is 14.9. The maximum atomic E-state index is 12.7. The van der Waals surface area contributed by atoms with Crippen LogP contribution in [0.25, 0.3) is 11.8 Å². The minimum atomic E-state index is -0.558. The van der Waals surface area contributed by atoms with Crippen LogP contribution < -0.4 is 10.1 Å². The number of hydrogen-bond acceptors (Lipinski definition) is 4. The van der Waals surface area contributed by atoms with E-state index >= 15 is 0 Å². The molecule has 1 N–H and O–H groups in total. The van der Waals surface area contributed by atoms with Gasteiger partial charge < -0.3 is 10.1 Å². The Kier molecular flexibility index (Phi) is 6.24. The second kappa shape index (κ2) is 8.85. The standard InChI is InChI=1S/C23H21ClN4O2/c1-14-9-10-15(2)20(11-14)28-22(24)18(16(3)27-28)12-17(13-25)23(29)26-19-7-5-6-8-21(19)30-4/h5-12H,1-4H3,(H,26,29)/b17-12+. The highest BCUT2D eigenvalue weighted by Crippen LogP contribution is 2.28. The number of carbonyl (C=O) groups is 1. The number of benzene rings is 2. The average Bonchev–Trinajstić information content (AvgIpc) is 3.01. The molecule has 0 saturated carbocycles. The SMILES string of the molecule is COc1ccccc1NC(=O)/C(C#N)=C/c1c(C)nn(-c2cc(C)ccc2C)c1Cl. The third-order valence-electron chi connectivity index (χ3n) is 4.65. The van der Waals surface area contributed by atoms with Crippen molar-refractivity contribution in [1.29, 1.82) is 5.26 Å². The summed E-state index contributed by atoms with van der Waals surface area (Å²) in [6.07, 6.45) is 1.46. The van der Waals surface area contributed by atoms with Gasteiger partial charge >= 0.3 is 0 Å². The molecular weight excluding hydrogens is 400 g/mol. The first-order valence-electron chi connectivity index (χ1n) is 9.24. The molecule has 0 saturated heterocycles. The number of aryl methyl sites for hydroxylation is 3. The van der Waals surface area contributed by atoms with Crippen LogP contribution in [0.2, 0.25) is 5.15 Å². The second-order valence-corrected chi connectivity index (χ2v) is 7.17. The first kappa shape index (κ1) is 21.2. The van der Waals surface area contributed by atoms with E-state index in [0.29, 0.717) is 27.8 Å². The van der Waals surface area contributed by atoms with E-state index < -0.39 is 5.91 Å². The van der Waals surface area contributed by atoms with E-state index in [9.17, 15) is 10.1 Å². The largest absolute Gasteiger partial charge is 0.495 e. The maximum absolute atomic E-state index is 12.7. The topological polar surface area (TPSA) is 79.9 Å². The van der Waals surface area contributed by atoms with Crippen molar-refractivity contribution in [2.45, 2.75) is 20.8 Å². The number of amides is 1. The molecule has 0 bridgehead atoms. The van der Waals surface area contributed by atoms with Crippen molar-refractivity contribution in [3.05, 3.63) is 75.6 Å². The van der Waals surface area contributed by atoms with E-state index in [1.54, 1.807) is 35.9 Å². The lowest BCUT2D eigenvalue weighted by atomic mass is 10.1. The molecule has 7 heteroatoms. The Labute approximate surface area is 180 Å². The third-order valence-corrected chi connectivity index (χ3v) is 5.01. The Morgan fingerprint density at radius 1 is 1.23 bits per heavy atom. The number of nitriles is 1. The van der Waals surface area contributed by atoms with Gasteiger partial charge in [0.2, 0.25) is 0 Å². The average molecular weight is 421 g/mol. The number of anilines is 1. The fourth-order valence-electron chi connectivity index (χ4n) is 3.01. The Balaban J connectivity index is 1.99. The van der Waals surface area contributed by atoms with E-state index in [4.69, 9.17) is 16.3 Å². The number of para-hydroxylation sites is 2. The zero-order valence-electron chi connectivity index (χ0n) is 17.2. The molecule has 0 aliphatic heterocycles. The summed E-state index contributed by atoms with van der Waals surface area (Å²) in [5, 5.41) is 17.1. The van der Waals surface area contributed by atoms with Crippen LogP contribution in [0.5, 0.6) is 5.75 Å². The molecular formula is C23H21ClN4O2. The molecule has 0 aliphatic rings. The van der Waals surface area contributed by atoms with Gasteiger partial charge in [-0.05, 0) is 56.2 Å². The molecule has 3 rings (SSSR count). The van der Waals surface area contributed by atoms with Gasteiger partial charge in [0.25, 0.3) is 5.91 Å². The van der Waals surface area contributed by atoms with Gasteiger partial charge in [-0.2, -0.15) is 10.4 Å². The molecule has 0 unspecified atom stereocenters. The van der Waals surface area contributed by atoms with Crippen LogP contribution in [-0.2, 0) is 4.79 Å². The summed E-state index contributed by atoms with van der Waals surface area (Å²) < 4.78 is 6.86. The lowest BCUT2D eigenvalue weighted by molar-refractivity contribution is -0.112. The van der Waals surface area contributed by atoms with E-state index in [-0.39, 0.29) is 5.57 Å². The Morgan fingerprint density at radius 2 is 1.97 bits per heavy atom. The monoisotopic (exact) mass is 420 g/mol. The highest BCUT2D eigenvalue weighted by atomic mass is 35.5. The highest BCUT2D eigenvalue weighted by molar-refractivity contribution is 6.31. The molecule has 0 aliphatic carbocycles. The number of methoxy groups -OCH3 is 1. The lowest BCUT2D eigenvalue weighted by Gasteiger charge is -2.09. The summed E-state index contributed by atoms with van der Waals surface area (Å²) in [7, 11) is 1.51. The van der Waals surface area contributed by atoms with Gasteiger partial charge in [-0.3, -0.25) is 4.79 Å². The van der Waals surface area contributed by atoms with Gasteiger partial charge in [-0.1, -0.05) is 35.9 Å². The zero-order chi connectivity index (χ0) is 21.8. The van der Waals surface area contributed by atoms with Crippen molar-refractivity contribution in [2.75, 3.05) is 12.4 Å². The smallest absolute Gasteiger partial charge is 0.266 e. The Morgan fingerprint density at radius 3 is 2.67 bits per heavy atom. The summed E-state index contributed by atoms with van der Waals surface area (Å²) >= 11 is 6.60. The van der Waals surface area contributed by atoms with Gasteiger partial charge in [0.05, 0.1) is 24.2 Å². The second-order valence-electron chi connectivity index (χ2n) is 6.82. The molecule has 1 amide bonds. The lowest BCUT2D eigenvalue weighted by Crippen LogP contribution is -2.14. The van der Waals surface area contributed by atoms with Crippen molar-refractivity contribution in [1.82, 2.24) is 9.78 Å². The maximum Gasteiger partial charge on any atom is 0.266 e. The first-order valence-corrected chi connectivity index (χ1v) is 9.62. The van der Waals surface area contributed by atoms with Crippen molar-refractivity contribution >= 4 is 29.3 Å². The molecule has 6 nitrogen and oxygen atoms in total. The molecule has 0 fully saturated rings. The van der Waals surface area contributed by atoms with Gasteiger partial charge in [0.15, 0.2) is 0 Å². The van der Waals surface area contributed by atoms with Crippen LogP contribution in [-0.4, -0.2) is 22.8 Å². The van der Waals surface area contributed by atoms with Crippen molar-refractivity contribution in [3.8, 4) is 17.5 Å². The quantitative estimate of drug-likeness (QED) is 0.465. The zero-order valence-corrected chi connectivity index (χ0v) is 17.9. The molecule has 0 atom stereocenters. The molecule has 3 aromatic rings. The molecule has 0 radical (unpaired) electrons. The van der Waals surface area contributed by atoms with Gasteiger partial charge in [-0.25, -0.2) is 4.68 Å². The number of ether oxygens (including phenoxy) is 1. The van der Waals surface area contributed by atoms with E-state index in [1.165, 1.54) is 13.2 Å². The summed E-state index contributed by atoms with van der Waals surface area (Å²) in [4.78, 5) is 12.7. The van der Waals surface area contributed by atoms with Crippen molar-refractivity contribution in [2.24, 2.45) is 0 Å². The predicted molar refractivity (Wildman–Crippen MR) is 118 cm³/mol. The van der Waals surface area contributed by atoms with Gasteiger partial charge in [0.1, 0.15) is 22.5 Å². The number of aromatic nitrogens is 2. The highest BCUT2D eigenvalue weighted by Gasteiger charge is 2.18. The number of halogens is 1. The first-order chi connectivity index (χ1) is 14.3. The van der Waals surface area contributed by atoms with Crippen LogP contribution in [0.3, 0.4) is 0 Å². The summed E-state index contributed by atoms with van der Waals surface area (Å²) in [6.45, 7) is 5.75. The number of carbonyl (C=O) groups excluding carboxylic acids is 1. The molecule has 0 spiro atoms. The number of hydrogen-bond donors (Lipinski definition) is 1. The van der Waals surface area contributed by atoms with E-state index in [1.807, 2.05) is 38.1 Å². The third kappa shape index (κ3) is 4.22. The van der Waals surface area contributed by atoms with Crippen molar-refractivity contribution in [3.63, 3.8) is 0 Å². The van der Waals surface area contributed by atoms with Gasteiger partial charge in [0, 0.05) is 5.56 Å². The van der Waals surface area contributed by atoms with Crippen molar-refractivity contribution < 1.29 is 9.53 Å². The fourth-order valence-corrected chi connectivity index (χ4v) is 3.33. The minimum absolute atomic E-state index is 0.0913. The predicted octanol–water partition coefficient (Wildman–Crippen LogP) is 5.01. The molecule has 1 heterocycles. The van der Waals surface area contributed by atoms with E-state index in [2.05, 4.69) is 10.4 Å². The Bertz CT molecular complexity index is 1190. The number of nitrogens with zero attached hydrogens (tertiary/aromatic N) is 3. The van der Waals surface area contributed by atoms with Crippen LogP contribution in [0.1, 0.15) is 22.4 Å². The summed E-state index contributed by atoms with van der Waals surface area (Å²) in [5.74, 6) is -0.0583. The van der Waals surface area contributed by atoms with Gasteiger partial charge in [-0.15, -0.1) is 0 Å². The van der Waals surface area contributed by atoms with E-state index in [0.717, 1.165) is 16.8 Å². The molecule has 30 heavy (non-hydrogen) atoms.